The first-order valence-corrected chi connectivity index (χ1v) is 6.67. The molecular weight excluding hydrogens is 284 g/mol. The number of hydrogen-bond donors (Lipinski definition) is 1. The Morgan fingerprint density at radius 2 is 1.52 bits per heavy atom. The summed E-state index contributed by atoms with van der Waals surface area (Å²) in [5.41, 5.74) is 2.67. The van der Waals surface area contributed by atoms with Gasteiger partial charge in [-0.3, -0.25) is 0 Å². The number of thiocarbonyl (C=S) groups is 1. The standard InChI is InChI=1S/C16H10N2O2S/c19-15(20)12-9-5-4-8-11(12)14-13(17-16(21)18-14)10-6-2-1-3-7-10/h1-9H,(H,19,20). The van der Waals surface area contributed by atoms with E-state index in [-0.39, 0.29) is 10.7 Å². The number of aliphatic imine (C=N–C) groups is 2. The van der Waals surface area contributed by atoms with Crippen LogP contribution in [0.3, 0.4) is 0 Å². The van der Waals surface area contributed by atoms with E-state index >= 15 is 0 Å². The fraction of sp³-hybridized carbons (Fsp3) is 0. The van der Waals surface area contributed by atoms with Gasteiger partial charge < -0.3 is 5.11 Å². The van der Waals surface area contributed by atoms with Crippen molar-refractivity contribution in [2.24, 2.45) is 9.98 Å². The molecule has 102 valence electrons. The molecule has 1 aliphatic rings. The summed E-state index contributed by atoms with van der Waals surface area (Å²) < 4.78 is 0. The van der Waals surface area contributed by atoms with Gasteiger partial charge in [0.1, 0.15) is 5.71 Å². The number of benzene rings is 2. The van der Waals surface area contributed by atoms with Crippen LogP contribution in [0.25, 0.3) is 0 Å². The molecular formula is C16H10N2O2S. The Balaban J connectivity index is 2.15. The van der Waals surface area contributed by atoms with E-state index in [0.717, 1.165) is 5.56 Å². The van der Waals surface area contributed by atoms with Gasteiger partial charge in [0.15, 0.2) is 0 Å². The third kappa shape index (κ3) is 2.51. The normalized spacial score (nSPS) is 13.8. The van der Waals surface area contributed by atoms with E-state index in [1.54, 1.807) is 24.3 Å². The van der Waals surface area contributed by atoms with Gasteiger partial charge in [-0.05, 0) is 18.3 Å². The number of rotatable bonds is 3. The molecule has 4 nitrogen and oxygen atoms in total. The SMILES string of the molecule is O=C(O)c1ccccc1C1=NC(=S)N=C1c1ccccc1. The van der Waals surface area contributed by atoms with Crippen molar-refractivity contribution in [2.45, 2.75) is 0 Å². The van der Waals surface area contributed by atoms with Crippen LogP contribution in [0, 0.1) is 0 Å². The van der Waals surface area contributed by atoms with Crippen molar-refractivity contribution in [1.82, 2.24) is 0 Å². The quantitative estimate of drug-likeness (QED) is 0.885. The number of carbonyl (C=O) groups is 1. The van der Waals surface area contributed by atoms with Crippen molar-refractivity contribution in [2.75, 3.05) is 0 Å². The Hall–Kier alpha value is -2.66. The lowest BCUT2D eigenvalue weighted by Crippen LogP contribution is -2.17. The van der Waals surface area contributed by atoms with Crippen molar-refractivity contribution < 1.29 is 9.90 Å². The maximum absolute atomic E-state index is 11.4. The summed E-state index contributed by atoms with van der Waals surface area (Å²) in [4.78, 5) is 19.9. The number of carboxylic acids is 1. The van der Waals surface area contributed by atoms with Crippen LogP contribution in [-0.2, 0) is 0 Å². The summed E-state index contributed by atoms with van der Waals surface area (Å²) in [7, 11) is 0. The van der Waals surface area contributed by atoms with Crippen molar-refractivity contribution in [3.05, 3.63) is 71.3 Å². The minimum atomic E-state index is -1.00. The molecule has 0 fully saturated rings. The third-order valence-electron chi connectivity index (χ3n) is 3.10. The highest BCUT2D eigenvalue weighted by atomic mass is 32.1. The van der Waals surface area contributed by atoms with Gasteiger partial charge >= 0.3 is 5.97 Å². The lowest BCUT2D eigenvalue weighted by molar-refractivity contribution is 0.0696. The highest BCUT2D eigenvalue weighted by molar-refractivity contribution is 7.80. The summed E-state index contributed by atoms with van der Waals surface area (Å²) in [6.45, 7) is 0. The molecule has 0 radical (unpaired) electrons. The first kappa shape index (κ1) is 13.3. The lowest BCUT2D eigenvalue weighted by atomic mass is 9.96. The second-order valence-corrected chi connectivity index (χ2v) is 4.79. The molecule has 21 heavy (non-hydrogen) atoms. The molecule has 0 spiro atoms. The summed E-state index contributed by atoms with van der Waals surface area (Å²) >= 11 is 5.06. The summed E-state index contributed by atoms with van der Waals surface area (Å²) in [5, 5.41) is 9.53. The molecule has 1 aliphatic heterocycles. The first-order chi connectivity index (χ1) is 10.2. The van der Waals surface area contributed by atoms with E-state index < -0.39 is 5.97 Å². The van der Waals surface area contributed by atoms with E-state index in [0.29, 0.717) is 17.0 Å². The zero-order valence-corrected chi connectivity index (χ0v) is 11.7. The molecule has 0 saturated heterocycles. The van der Waals surface area contributed by atoms with E-state index in [4.69, 9.17) is 12.2 Å². The number of carboxylic acid groups (broad SMARTS) is 1. The van der Waals surface area contributed by atoms with Gasteiger partial charge in [-0.2, -0.15) is 0 Å². The van der Waals surface area contributed by atoms with Crippen LogP contribution in [0.4, 0.5) is 0 Å². The molecule has 2 aromatic rings. The minimum Gasteiger partial charge on any atom is -0.478 e. The highest BCUT2D eigenvalue weighted by Crippen LogP contribution is 2.19. The van der Waals surface area contributed by atoms with Crippen molar-refractivity contribution in [1.29, 1.82) is 0 Å². The largest absolute Gasteiger partial charge is 0.478 e. The van der Waals surface area contributed by atoms with Crippen molar-refractivity contribution >= 4 is 34.7 Å². The minimum absolute atomic E-state index is 0.185. The van der Waals surface area contributed by atoms with Crippen LogP contribution in [0.1, 0.15) is 21.5 Å². The van der Waals surface area contributed by atoms with Gasteiger partial charge in [0.25, 0.3) is 0 Å². The van der Waals surface area contributed by atoms with Crippen LogP contribution >= 0.6 is 12.2 Å². The molecule has 0 unspecified atom stereocenters. The second-order valence-electron chi connectivity index (χ2n) is 4.42. The van der Waals surface area contributed by atoms with Crippen LogP contribution < -0.4 is 0 Å². The van der Waals surface area contributed by atoms with Crippen LogP contribution in [0.5, 0.6) is 0 Å². The number of aromatic carboxylic acids is 1. The van der Waals surface area contributed by atoms with E-state index in [1.165, 1.54) is 0 Å². The fourth-order valence-electron chi connectivity index (χ4n) is 2.18. The molecule has 1 heterocycles. The molecule has 5 heteroatoms. The van der Waals surface area contributed by atoms with Crippen LogP contribution in [-0.4, -0.2) is 27.6 Å². The smallest absolute Gasteiger partial charge is 0.336 e. The van der Waals surface area contributed by atoms with Crippen LogP contribution in [0.15, 0.2) is 64.6 Å². The molecule has 1 N–H and O–H groups in total. The zero-order chi connectivity index (χ0) is 14.8. The summed E-state index contributed by atoms with van der Waals surface area (Å²) in [5.74, 6) is -1.00. The van der Waals surface area contributed by atoms with Gasteiger partial charge in [0.2, 0.25) is 5.11 Å². The summed E-state index contributed by atoms with van der Waals surface area (Å²) in [6, 6.07) is 16.2. The lowest BCUT2D eigenvalue weighted by Gasteiger charge is -2.08. The Labute approximate surface area is 126 Å². The van der Waals surface area contributed by atoms with Gasteiger partial charge in [-0.25, -0.2) is 14.8 Å². The predicted molar refractivity (Wildman–Crippen MR) is 85.5 cm³/mol. The van der Waals surface area contributed by atoms with Crippen molar-refractivity contribution in [3.63, 3.8) is 0 Å². The second kappa shape index (κ2) is 5.38. The van der Waals surface area contributed by atoms with Gasteiger partial charge in [0.05, 0.1) is 11.3 Å². The first-order valence-electron chi connectivity index (χ1n) is 6.26. The molecule has 2 aromatic carbocycles. The molecule has 0 aliphatic carbocycles. The fourth-order valence-corrected chi connectivity index (χ4v) is 2.37. The van der Waals surface area contributed by atoms with E-state index in [2.05, 4.69) is 9.98 Å². The van der Waals surface area contributed by atoms with Crippen molar-refractivity contribution in [3.8, 4) is 0 Å². The highest BCUT2D eigenvalue weighted by Gasteiger charge is 2.24. The van der Waals surface area contributed by atoms with Gasteiger partial charge in [-0.15, -0.1) is 0 Å². The Morgan fingerprint density at radius 3 is 2.24 bits per heavy atom. The van der Waals surface area contributed by atoms with Gasteiger partial charge in [-0.1, -0.05) is 48.5 Å². The molecule has 0 bridgehead atoms. The molecule has 0 atom stereocenters. The molecule has 0 aromatic heterocycles. The van der Waals surface area contributed by atoms with Crippen LogP contribution in [0.2, 0.25) is 0 Å². The predicted octanol–water partition coefficient (Wildman–Crippen LogP) is 2.96. The Bertz CT molecular complexity index is 795. The summed E-state index contributed by atoms with van der Waals surface area (Å²) in [6.07, 6.45) is 0. The van der Waals surface area contributed by atoms with E-state index in [1.807, 2.05) is 30.3 Å². The average Bonchev–Trinajstić information content (AvgIpc) is 2.90. The average molecular weight is 294 g/mol. The van der Waals surface area contributed by atoms with E-state index in [9.17, 15) is 9.90 Å². The topological polar surface area (TPSA) is 62.0 Å². The monoisotopic (exact) mass is 294 g/mol. The molecule has 0 amide bonds. The Morgan fingerprint density at radius 1 is 0.905 bits per heavy atom. The maximum atomic E-state index is 11.4. The maximum Gasteiger partial charge on any atom is 0.336 e. The number of nitrogens with zero attached hydrogens (tertiary/aromatic N) is 2. The van der Waals surface area contributed by atoms with Gasteiger partial charge in [0, 0.05) is 11.1 Å². The molecule has 3 rings (SSSR count). The number of hydrogen-bond acceptors (Lipinski definition) is 2. The Kier molecular flexibility index (Phi) is 3.41. The third-order valence-corrected chi connectivity index (χ3v) is 3.28. The molecule has 0 saturated carbocycles. The zero-order valence-electron chi connectivity index (χ0n) is 10.9.